The van der Waals surface area contributed by atoms with E-state index in [1.54, 1.807) is 0 Å². The van der Waals surface area contributed by atoms with E-state index >= 15 is 0 Å². The van der Waals surface area contributed by atoms with Crippen molar-refractivity contribution in [1.82, 2.24) is 14.9 Å². The normalized spacial score (nSPS) is 10.9. The molecular weight excluding hydrogens is 382 g/mol. The van der Waals surface area contributed by atoms with Gasteiger partial charge in [-0.3, -0.25) is 4.79 Å². The Morgan fingerprint density at radius 1 is 0.931 bits per heavy atom. The average molecular weight is 404 g/mol. The summed E-state index contributed by atoms with van der Waals surface area (Å²) in [6, 6.07) is 25.4. The van der Waals surface area contributed by atoms with Gasteiger partial charge in [0.25, 0.3) is 5.91 Å². The van der Waals surface area contributed by atoms with Crippen molar-refractivity contribution >= 4 is 28.5 Å². The second-order valence-corrected chi connectivity index (χ2v) is 7.39. The number of carbonyl (C=O) groups is 1. The first-order chi connectivity index (χ1) is 14.2. The highest BCUT2D eigenvalue weighted by molar-refractivity contribution is 6.30. The van der Waals surface area contributed by atoms with Crippen molar-refractivity contribution in [2.24, 2.45) is 0 Å². The average Bonchev–Trinajstić information content (AvgIpc) is 3.10. The first kappa shape index (κ1) is 19.2. The quantitative estimate of drug-likeness (QED) is 0.436. The number of fused-ring (bicyclic) bond motifs is 1. The van der Waals surface area contributed by atoms with E-state index in [0.717, 1.165) is 41.3 Å². The van der Waals surface area contributed by atoms with Gasteiger partial charge in [-0.25, -0.2) is 4.98 Å². The molecule has 0 aliphatic rings. The summed E-state index contributed by atoms with van der Waals surface area (Å²) >= 11 is 6.02. The van der Waals surface area contributed by atoms with Crippen LogP contribution in [0.5, 0.6) is 0 Å². The SMILES string of the molecule is O=C(NCCCc1nc2ccccc2n1Cc1ccc(Cl)cc1)c1ccccc1. The number of rotatable bonds is 7. The molecule has 0 atom stereocenters. The predicted molar refractivity (Wildman–Crippen MR) is 117 cm³/mol. The van der Waals surface area contributed by atoms with Gasteiger partial charge >= 0.3 is 0 Å². The fourth-order valence-electron chi connectivity index (χ4n) is 3.41. The summed E-state index contributed by atoms with van der Waals surface area (Å²) in [6.07, 6.45) is 1.61. The number of amides is 1. The second kappa shape index (κ2) is 8.93. The Kier molecular flexibility index (Phi) is 5.92. The molecule has 5 heteroatoms. The summed E-state index contributed by atoms with van der Waals surface area (Å²) in [7, 11) is 0. The van der Waals surface area contributed by atoms with Crippen LogP contribution in [0.2, 0.25) is 5.02 Å². The number of para-hydroxylation sites is 2. The maximum Gasteiger partial charge on any atom is 0.251 e. The molecule has 0 radical (unpaired) electrons. The lowest BCUT2D eigenvalue weighted by atomic mass is 10.2. The minimum absolute atomic E-state index is 0.0414. The number of hydrogen-bond acceptors (Lipinski definition) is 2. The van der Waals surface area contributed by atoms with Gasteiger partial charge in [-0.1, -0.05) is 54.1 Å². The minimum atomic E-state index is -0.0414. The summed E-state index contributed by atoms with van der Waals surface area (Å²) in [6.45, 7) is 1.35. The van der Waals surface area contributed by atoms with Crippen LogP contribution in [0.4, 0.5) is 0 Å². The highest BCUT2D eigenvalue weighted by Gasteiger charge is 2.11. The van der Waals surface area contributed by atoms with Crippen molar-refractivity contribution in [3.8, 4) is 0 Å². The summed E-state index contributed by atoms with van der Waals surface area (Å²) in [5, 5.41) is 3.72. The zero-order valence-electron chi connectivity index (χ0n) is 16.0. The van der Waals surface area contributed by atoms with Crippen LogP contribution in [0.15, 0.2) is 78.9 Å². The van der Waals surface area contributed by atoms with E-state index in [-0.39, 0.29) is 5.91 Å². The van der Waals surface area contributed by atoms with Gasteiger partial charge in [0.05, 0.1) is 11.0 Å². The Bertz CT molecular complexity index is 1100. The first-order valence-corrected chi connectivity index (χ1v) is 10.1. The van der Waals surface area contributed by atoms with Crippen LogP contribution in [-0.2, 0) is 13.0 Å². The lowest BCUT2D eigenvalue weighted by Gasteiger charge is -2.10. The number of carbonyl (C=O) groups excluding carboxylic acids is 1. The minimum Gasteiger partial charge on any atom is -0.352 e. The molecule has 0 saturated carbocycles. The number of halogens is 1. The van der Waals surface area contributed by atoms with Gasteiger partial charge in [-0.05, 0) is 48.4 Å². The topological polar surface area (TPSA) is 46.9 Å². The molecule has 1 amide bonds. The molecule has 0 aliphatic heterocycles. The van der Waals surface area contributed by atoms with E-state index in [0.29, 0.717) is 12.1 Å². The molecule has 4 nitrogen and oxygen atoms in total. The number of nitrogens with zero attached hydrogens (tertiary/aromatic N) is 2. The molecular formula is C24H22ClN3O. The zero-order chi connectivity index (χ0) is 20.1. The molecule has 0 bridgehead atoms. The fourth-order valence-corrected chi connectivity index (χ4v) is 3.53. The molecule has 4 aromatic rings. The molecule has 0 fully saturated rings. The summed E-state index contributed by atoms with van der Waals surface area (Å²) < 4.78 is 2.25. The van der Waals surface area contributed by atoms with E-state index in [9.17, 15) is 4.79 Å². The highest BCUT2D eigenvalue weighted by atomic mass is 35.5. The Balaban J connectivity index is 1.45. The molecule has 1 heterocycles. The number of aromatic nitrogens is 2. The molecule has 0 aliphatic carbocycles. The van der Waals surface area contributed by atoms with Crippen LogP contribution in [-0.4, -0.2) is 22.0 Å². The smallest absolute Gasteiger partial charge is 0.251 e. The Hall–Kier alpha value is -3.11. The predicted octanol–water partition coefficient (Wildman–Crippen LogP) is 5.10. The highest BCUT2D eigenvalue weighted by Crippen LogP contribution is 2.20. The molecule has 29 heavy (non-hydrogen) atoms. The fraction of sp³-hybridized carbons (Fsp3) is 0.167. The van der Waals surface area contributed by atoms with Crippen LogP contribution in [0.3, 0.4) is 0 Å². The Labute approximate surface area is 175 Å². The largest absolute Gasteiger partial charge is 0.352 e. The molecule has 1 N–H and O–H groups in total. The van der Waals surface area contributed by atoms with Crippen LogP contribution >= 0.6 is 11.6 Å². The maximum absolute atomic E-state index is 12.2. The van der Waals surface area contributed by atoms with E-state index in [1.165, 1.54) is 5.56 Å². The van der Waals surface area contributed by atoms with E-state index < -0.39 is 0 Å². The lowest BCUT2D eigenvalue weighted by Crippen LogP contribution is -2.24. The molecule has 3 aromatic carbocycles. The van der Waals surface area contributed by atoms with Crippen molar-refractivity contribution in [2.45, 2.75) is 19.4 Å². The van der Waals surface area contributed by atoms with Crippen molar-refractivity contribution in [1.29, 1.82) is 0 Å². The van der Waals surface area contributed by atoms with Gasteiger partial charge in [0.2, 0.25) is 0 Å². The third-order valence-electron chi connectivity index (χ3n) is 4.89. The van der Waals surface area contributed by atoms with Crippen molar-refractivity contribution in [2.75, 3.05) is 6.54 Å². The van der Waals surface area contributed by atoms with Gasteiger partial charge in [0.15, 0.2) is 0 Å². The van der Waals surface area contributed by atoms with Gasteiger partial charge in [0.1, 0.15) is 5.82 Å². The van der Waals surface area contributed by atoms with Gasteiger partial charge in [-0.2, -0.15) is 0 Å². The summed E-state index contributed by atoms with van der Waals surface area (Å²) in [5.41, 5.74) is 3.97. The summed E-state index contributed by atoms with van der Waals surface area (Å²) in [5.74, 6) is 0.982. The number of imidazole rings is 1. The third kappa shape index (κ3) is 4.66. The monoisotopic (exact) mass is 403 g/mol. The second-order valence-electron chi connectivity index (χ2n) is 6.95. The molecule has 146 valence electrons. The zero-order valence-corrected chi connectivity index (χ0v) is 16.8. The van der Waals surface area contributed by atoms with E-state index in [4.69, 9.17) is 16.6 Å². The molecule has 0 spiro atoms. The number of hydrogen-bond donors (Lipinski definition) is 1. The van der Waals surface area contributed by atoms with Crippen LogP contribution in [0, 0.1) is 0 Å². The van der Waals surface area contributed by atoms with E-state index in [1.807, 2.05) is 72.8 Å². The van der Waals surface area contributed by atoms with Gasteiger partial charge in [-0.15, -0.1) is 0 Å². The number of aryl methyl sites for hydroxylation is 1. The van der Waals surface area contributed by atoms with Crippen molar-refractivity contribution in [3.05, 3.63) is 101 Å². The maximum atomic E-state index is 12.2. The van der Waals surface area contributed by atoms with E-state index in [2.05, 4.69) is 16.0 Å². The lowest BCUT2D eigenvalue weighted by molar-refractivity contribution is 0.0953. The number of nitrogens with one attached hydrogen (secondary N) is 1. The Morgan fingerprint density at radius 2 is 1.66 bits per heavy atom. The third-order valence-corrected chi connectivity index (χ3v) is 5.14. The van der Waals surface area contributed by atoms with Crippen LogP contribution < -0.4 is 5.32 Å². The summed E-state index contributed by atoms with van der Waals surface area (Å²) in [4.78, 5) is 17.0. The van der Waals surface area contributed by atoms with Gasteiger partial charge in [0, 0.05) is 30.1 Å². The van der Waals surface area contributed by atoms with Crippen molar-refractivity contribution < 1.29 is 4.79 Å². The molecule has 0 saturated heterocycles. The molecule has 0 unspecified atom stereocenters. The van der Waals surface area contributed by atoms with Crippen molar-refractivity contribution in [3.63, 3.8) is 0 Å². The van der Waals surface area contributed by atoms with Crippen LogP contribution in [0.25, 0.3) is 11.0 Å². The molecule has 1 aromatic heterocycles. The van der Waals surface area contributed by atoms with Gasteiger partial charge < -0.3 is 9.88 Å². The number of benzene rings is 3. The Morgan fingerprint density at radius 3 is 2.45 bits per heavy atom. The van der Waals surface area contributed by atoms with Crippen LogP contribution in [0.1, 0.15) is 28.2 Å². The standard InChI is InChI=1S/C24H22ClN3O/c25-20-14-12-18(13-15-20)17-28-22-10-5-4-9-21(22)27-23(28)11-6-16-26-24(29)19-7-2-1-3-8-19/h1-5,7-10,12-15H,6,11,16-17H2,(H,26,29). The first-order valence-electron chi connectivity index (χ1n) is 9.72. The molecule has 4 rings (SSSR count).